The van der Waals surface area contributed by atoms with Crippen LogP contribution in [0.25, 0.3) is 0 Å². The van der Waals surface area contributed by atoms with Crippen LogP contribution in [0.3, 0.4) is 0 Å². The van der Waals surface area contributed by atoms with E-state index in [1.165, 1.54) is 6.54 Å². The largest absolute Gasteiger partial charge is 1.00 e. The van der Waals surface area contributed by atoms with E-state index in [-0.39, 0.29) is 12.4 Å². The lowest BCUT2D eigenvalue weighted by molar-refractivity contribution is -0.876. The number of quaternary nitrogens is 1. The van der Waals surface area contributed by atoms with E-state index >= 15 is 0 Å². The number of nitrogens with zero attached hydrogens (tertiary/aromatic N) is 1. The molecule has 0 saturated heterocycles. The summed E-state index contributed by atoms with van der Waals surface area (Å²) in [6, 6.07) is 0. The highest BCUT2D eigenvalue weighted by Crippen LogP contribution is 2.15. The standard InChI is InChI=1S/C8H20N.ClH/c1-8(2,3)7-9(4,5)6;/h7H2,1-6H3;1H/q+1;/p-1. The SMILES string of the molecule is CC(C)(C)C[N+](C)(C)C.[Cl-]. The monoisotopic (exact) mass is 165 g/mol. The van der Waals surface area contributed by atoms with Crippen molar-refractivity contribution < 1.29 is 16.9 Å². The minimum Gasteiger partial charge on any atom is -1.00 e. The van der Waals surface area contributed by atoms with Gasteiger partial charge < -0.3 is 16.9 Å². The molecule has 0 unspecified atom stereocenters. The van der Waals surface area contributed by atoms with Gasteiger partial charge in [0.1, 0.15) is 0 Å². The van der Waals surface area contributed by atoms with Crippen molar-refractivity contribution in [2.45, 2.75) is 20.8 Å². The first-order chi connectivity index (χ1) is 3.71. The highest BCUT2D eigenvalue weighted by atomic mass is 35.5. The van der Waals surface area contributed by atoms with E-state index in [1.54, 1.807) is 0 Å². The molecule has 10 heavy (non-hydrogen) atoms. The van der Waals surface area contributed by atoms with Crippen molar-refractivity contribution in [2.24, 2.45) is 5.41 Å². The number of hydrogen-bond donors (Lipinski definition) is 0. The zero-order valence-electron chi connectivity index (χ0n) is 8.03. The summed E-state index contributed by atoms with van der Waals surface area (Å²) >= 11 is 0. The Labute approximate surface area is 71.4 Å². The molecule has 0 aromatic rings. The third-order valence-electron chi connectivity index (χ3n) is 0.949. The fraction of sp³-hybridized carbons (Fsp3) is 1.00. The molecule has 0 amide bonds. The lowest BCUT2D eigenvalue weighted by atomic mass is 9.96. The van der Waals surface area contributed by atoms with Gasteiger partial charge in [-0.25, -0.2) is 0 Å². The van der Waals surface area contributed by atoms with Crippen LogP contribution in [0, 0.1) is 5.41 Å². The first kappa shape index (κ1) is 12.9. The molecule has 0 aliphatic rings. The Morgan fingerprint density at radius 2 is 1.30 bits per heavy atom. The fourth-order valence-corrected chi connectivity index (χ4v) is 1.42. The number of rotatable bonds is 1. The van der Waals surface area contributed by atoms with Crippen LogP contribution in [0.2, 0.25) is 0 Å². The van der Waals surface area contributed by atoms with E-state index in [1.807, 2.05) is 0 Å². The van der Waals surface area contributed by atoms with Crippen molar-refractivity contribution in [2.75, 3.05) is 27.7 Å². The summed E-state index contributed by atoms with van der Waals surface area (Å²) in [5, 5.41) is 0. The van der Waals surface area contributed by atoms with Crippen molar-refractivity contribution in [1.82, 2.24) is 0 Å². The maximum absolute atomic E-state index is 2.27. The van der Waals surface area contributed by atoms with Crippen molar-refractivity contribution in [1.29, 1.82) is 0 Å². The zero-order valence-corrected chi connectivity index (χ0v) is 8.79. The van der Waals surface area contributed by atoms with Crippen LogP contribution >= 0.6 is 0 Å². The van der Waals surface area contributed by atoms with Crippen LogP contribution < -0.4 is 12.4 Å². The molecule has 0 saturated carbocycles. The molecule has 64 valence electrons. The van der Waals surface area contributed by atoms with Crippen LogP contribution in [-0.4, -0.2) is 32.2 Å². The molecule has 0 heterocycles. The van der Waals surface area contributed by atoms with Crippen molar-refractivity contribution in [3.05, 3.63) is 0 Å². The average Bonchev–Trinajstić information content (AvgIpc) is 1.14. The third kappa shape index (κ3) is 11.1. The van der Waals surface area contributed by atoms with Crippen LogP contribution in [-0.2, 0) is 0 Å². The van der Waals surface area contributed by atoms with Gasteiger partial charge in [-0.05, 0) is 0 Å². The molecule has 1 nitrogen and oxygen atoms in total. The maximum atomic E-state index is 2.27. The van der Waals surface area contributed by atoms with Crippen molar-refractivity contribution in [3.8, 4) is 0 Å². The lowest BCUT2D eigenvalue weighted by Gasteiger charge is -2.31. The van der Waals surface area contributed by atoms with Gasteiger partial charge in [0.05, 0.1) is 27.7 Å². The first-order valence-corrected chi connectivity index (χ1v) is 3.51. The molecule has 0 N–H and O–H groups in total. The van der Waals surface area contributed by atoms with Crippen LogP contribution in [0.4, 0.5) is 0 Å². The number of halogens is 1. The first-order valence-electron chi connectivity index (χ1n) is 3.51. The number of hydrogen-bond acceptors (Lipinski definition) is 0. The van der Waals surface area contributed by atoms with Gasteiger partial charge in [-0.1, -0.05) is 20.8 Å². The summed E-state index contributed by atoms with van der Waals surface area (Å²) in [4.78, 5) is 0. The van der Waals surface area contributed by atoms with Crippen LogP contribution in [0.5, 0.6) is 0 Å². The summed E-state index contributed by atoms with van der Waals surface area (Å²) in [5.74, 6) is 0. The highest BCUT2D eigenvalue weighted by Gasteiger charge is 2.19. The van der Waals surface area contributed by atoms with Gasteiger partial charge in [-0.2, -0.15) is 0 Å². The molecule has 0 spiro atoms. The summed E-state index contributed by atoms with van der Waals surface area (Å²) in [6.45, 7) is 8.05. The van der Waals surface area contributed by atoms with E-state index in [9.17, 15) is 0 Å². The van der Waals surface area contributed by atoms with Crippen molar-refractivity contribution >= 4 is 0 Å². The van der Waals surface area contributed by atoms with Gasteiger partial charge in [-0.3, -0.25) is 0 Å². The quantitative estimate of drug-likeness (QED) is 0.426. The lowest BCUT2D eigenvalue weighted by Crippen LogP contribution is -3.00. The Hall–Kier alpha value is 0.250. The predicted octanol–water partition coefficient (Wildman–Crippen LogP) is -1.26. The Bertz CT molecular complexity index is 74.4. The van der Waals surface area contributed by atoms with E-state index in [2.05, 4.69) is 41.9 Å². The molecule has 0 aromatic heterocycles. The van der Waals surface area contributed by atoms with Gasteiger partial charge in [-0.15, -0.1) is 0 Å². The smallest absolute Gasteiger partial charge is 0.0829 e. The normalized spacial score (nSPS) is 12.6. The summed E-state index contributed by atoms with van der Waals surface area (Å²) in [7, 11) is 6.68. The second-order valence-electron chi connectivity index (χ2n) is 5.01. The van der Waals surface area contributed by atoms with Gasteiger partial charge in [0.25, 0.3) is 0 Å². The third-order valence-corrected chi connectivity index (χ3v) is 0.949. The highest BCUT2D eigenvalue weighted by molar-refractivity contribution is 4.58. The van der Waals surface area contributed by atoms with E-state index in [0.29, 0.717) is 5.41 Å². The fourth-order valence-electron chi connectivity index (χ4n) is 1.42. The summed E-state index contributed by atoms with van der Waals surface area (Å²) < 4.78 is 1.06. The van der Waals surface area contributed by atoms with Gasteiger partial charge in [0.15, 0.2) is 0 Å². The molecule has 0 radical (unpaired) electrons. The van der Waals surface area contributed by atoms with Crippen molar-refractivity contribution in [3.63, 3.8) is 0 Å². The van der Waals surface area contributed by atoms with Crippen LogP contribution in [0.1, 0.15) is 20.8 Å². The molecule has 0 aliphatic heterocycles. The van der Waals surface area contributed by atoms with E-state index in [0.717, 1.165) is 4.48 Å². The molecule has 0 fully saturated rings. The average molecular weight is 166 g/mol. The van der Waals surface area contributed by atoms with Gasteiger partial charge >= 0.3 is 0 Å². The minimum absolute atomic E-state index is 0. The summed E-state index contributed by atoms with van der Waals surface area (Å²) in [6.07, 6.45) is 0. The molecule has 0 rings (SSSR count). The van der Waals surface area contributed by atoms with E-state index in [4.69, 9.17) is 0 Å². The predicted molar refractivity (Wildman–Crippen MR) is 42.4 cm³/mol. The molecule has 0 aromatic carbocycles. The molecule has 0 bridgehead atoms. The summed E-state index contributed by atoms with van der Waals surface area (Å²) in [5.41, 5.74) is 0.457. The molecular weight excluding hydrogens is 146 g/mol. The minimum atomic E-state index is 0. The Balaban J connectivity index is 0. The topological polar surface area (TPSA) is 0 Å². The second-order valence-corrected chi connectivity index (χ2v) is 5.01. The molecule has 0 atom stereocenters. The molecular formula is C8H20ClN. The Morgan fingerprint density at radius 1 is 1.00 bits per heavy atom. The zero-order chi connectivity index (χ0) is 7.71. The Morgan fingerprint density at radius 3 is 1.30 bits per heavy atom. The molecule has 2 heteroatoms. The maximum Gasteiger partial charge on any atom is 0.0829 e. The van der Waals surface area contributed by atoms with Crippen LogP contribution in [0.15, 0.2) is 0 Å². The second kappa shape index (κ2) is 3.59. The Kier molecular flexibility index (Phi) is 4.62. The molecule has 0 aliphatic carbocycles. The van der Waals surface area contributed by atoms with E-state index < -0.39 is 0 Å². The van der Waals surface area contributed by atoms with Gasteiger partial charge in [0, 0.05) is 5.41 Å². The van der Waals surface area contributed by atoms with Gasteiger partial charge in [0.2, 0.25) is 0 Å².